The number of anilines is 3. The minimum absolute atomic E-state index is 0.404. The molecular weight excluding hydrogens is 330 g/mol. The molecule has 0 unspecified atom stereocenters. The summed E-state index contributed by atoms with van der Waals surface area (Å²) >= 11 is 0. The Morgan fingerprint density at radius 3 is 2.73 bits per heavy atom. The van der Waals surface area contributed by atoms with Crippen molar-refractivity contribution in [2.24, 2.45) is 0 Å². The topological polar surface area (TPSA) is 81.2 Å². The van der Waals surface area contributed by atoms with Crippen LogP contribution in [0.15, 0.2) is 54.7 Å². The summed E-state index contributed by atoms with van der Waals surface area (Å²) in [6.45, 7) is 0.722. The molecule has 2 aromatic carbocycles. The zero-order valence-corrected chi connectivity index (χ0v) is 14.8. The Kier molecular flexibility index (Phi) is 5.82. The number of methoxy groups -OCH3 is 2. The smallest absolute Gasteiger partial charge is 0.249 e. The summed E-state index contributed by atoms with van der Waals surface area (Å²) in [5.41, 5.74) is 1.97. The molecule has 0 radical (unpaired) electrons. The predicted octanol–water partition coefficient (Wildman–Crippen LogP) is 3.29. The Hall–Kier alpha value is -3.35. The zero-order chi connectivity index (χ0) is 18.2. The molecule has 0 saturated carbocycles. The van der Waals surface area contributed by atoms with E-state index in [1.165, 1.54) is 5.56 Å². The molecule has 0 spiro atoms. The van der Waals surface area contributed by atoms with Gasteiger partial charge < -0.3 is 20.1 Å². The van der Waals surface area contributed by atoms with E-state index in [1.807, 2.05) is 42.5 Å². The van der Waals surface area contributed by atoms with Crippen molar-refractivity contribution in [3.63, 3.8) is 0 Å². The molecule has 2 N–H and O–H groups in total. The van der Waals surface area contributed by atoms with Crippen LogP contribution in [0.1, 0.15) is 5.56 Å². The molecule has 1 aromatic heterocycles. The number of hydrogen-bond donors (Lipinski definition) is 2. The van der Waals surface area contributed by atoms with Crippen LogP contribution in [-0.2, 0) is 6.42 Å². The SMILES string of the molecule is COc1cccc(CCNc2cnnc(Nc3ccccc3OC)n2)c1. The Bertz CT molecular complexity index is 857. The second-order valence-corrected chi connectivity index (χ2v) is 5.52. The Morgan fingerprint density at radius 2 is 1.88 bits per heavy atom. The van der Waals surface area contributed by atoms with Crippen LogP contribution in [0, 0.1) is 0 Å². The maximum Gasteiger partial charge on any atom is 0.249 e. The fourth-order valence-corrected chi connectivity index (χ4v) is 2.47. The normalized spacial score (nSPS) is 10.2. The van der Waals surface area contributed by atoms with Gasteiger partial charge in [0.2, 0.25) is 5.95 Å². The predicted molar refractivity (Wildman–Crippen MR) is 101 cm³/mol. The quantitative estimate of drug-likeness (QED) is 0.644. The van der Waals surface area contributed by atoms with Crippen LogP contribution < -0.4 is 20.1 Å². The van der Waals surface area contributed by atoms with Gasteiger partial charge in [0.05, 0.1) is 26.1 Å². The average Bonchev–Trinajstić information content (AvgIpc) is 2.69. The molecule has 3 rings (SSSR count). The molecule has 0 aliphatic heterocycles. The highest BCUT2D eigenvalue weighted by molar-refractivity contribution is 5.62. The van der Waals surface area contributed by atoms with Gasteiger partial charge >= 0.3 is 0 Å². The molecule has 26 heavy (non-hydrogen) atoms. The van der Waals surface area contributed by atoms with E-state index in [0.29, 0.717) is 17.5 Å². The number of nitrogens with one attached hydrogen (secondary N) is 2. The molecule has 0 saturated heterocycles. The Balaban J connectivity index is 1.60. The number of benzene rings is 2. The van der Waals surface area contributed by atoms with Crippen LogP contribution in [-0.4, -0.2) is 35.9 Å². The Labute approximate surface area is 152 Å². The van der Waals surface area contributed by atoms with Gasteiger partial charge in [-0.2, -0.15) is 10.1 Å². The fourth-order valence-electron chi connectivity index (χ4n) is 2.47. The van der Waals surface area contributed by atoms with Crippen molar-refractivity contribution in [2.75, 3.05) is 31.4 Å². The number of aromatic nitrogens is 3. The van der Waals surface area contributed by atoms with Gasteiger partial charge in [-0.15, -0.1) is 5.10 Å². The average molecular weight is 351 g/mol. The summed E-state index contributed by atoms with van der Waals surface area (Å²) < 4.78 is 10.6. The molecule has 7 nitrogen and oxygen atoms in total. The lowest BCUT2D eigenvalue weighted by atomic mass is 10.1. The van der Waals surface area contributed by atoms with Crippen LogP contribution >= 0.6 is 0 Å². The highest BCUT2D eigenvalue weighted by Gasteiger charge is 2.05. The minimum Gasteiger partial charge on any atom is -0.497 e. The van der Waals surface area contributed by atoms with E-state index in [4.69, 9.17) is 9.47 Å². The van der Waals surface area contributed by atoms with E-state index in [0.717, 1.165) is 24.4 Å². The van der Waals surface area contributed by atoms with Crippen molar-refractivity contribution in [1.29, 1.82) is 0 Å². The van der Waals surface area contributed by atoms with Gasteiger partial charge in [0.25, 0.3) is 0 Å². The summed E-state index contributed by atoms with van der Waals surface area (Å²) in [4.78, 5) is 4.43. The van der Waals surface area contributed by atoms with Gasteiger partial charge in [0.15, 0.2) is 5.82 Å². The van der Waals surface area contributed by atoms with E-state index in [-0.39, 0.29) is 0 Å². The van der Waals surface area contributed by atoms with E-state index < -0.39 is 0 Å². The van der Waals surface area contributed by atoms with Crippen molar-refractivity contribution in [1.82, 2.24) is 15.2 Å². The summed E-state index contributed by atoms with van der Waals surface area (Å²) in [6.07, 6.45) is 2.44. The molecule has 0 aliphatic carbocycles. The Morgan fingerprint density at radius 1 is 1.00 bits per heavy atom. The standard InChI is InChI=1S/C19H21N5O2/c1-25-15-7-5-6-14(12-15)10-11-20-18-13-21-24-19(23-18)22-16-8-3-4-9-17(16)26-2/h3-9,12-13H,10-11H2,1-2H3,(H2,20,22,23,24). The largest absolute Gasteiger partial charge is 0.497 e. The van der Waals surface area contributed by atoms with Gasteiger partial charge in [0, 0.05) is 6.54 Å². The van der Waals surface area contributed by atoms with Crippen LogP contribution in [0.5, 0.6) is 11.5 Å². The minimum atomic E-state index is 0.404. The van der Waals surface area contributed by atoms with Crippen molar-refractivity contribution in [3.05, 3.63) is 60.3 Å². The van der Waals surface area contributed by atoms with E-state index in [9.17, 15) is 0 Å². The third kappa shape index (κ3) is 4.60. The maximum atomic E-state index is 5.32. The molecule has 0 atom stereocenters. The van der Waals surface area contributed by atoms with Crippen molar-refractivity contribution in [3.8, 4) is 11.5 Å². The summed E-state index contributed by atoms with van der Waals surface area (Å²) in [5.74, 6) is 2.63. The van der Waals surface area contributed by atoms with Gasteiger partial charge in [-0.1, -0.05) is 24.3 Å². The lowest BCUT2D eigenvalue weighted by Gasteiger charge is -2.10. The third-order valence-corrected chi connectivity index (χ3v) is 3.77. The zero-order valence-electron chi connectivity index (χ0n) is 14.8. The van der Waals surface area contributed by atoms with Crippen molar-refractivity contribution in [2.45, 2.75) is 6.42 Å². The second-order valence-electron chi connectivity index (χ2n) is 5.52. The monoisotopic (exact) mass is 351 g/mol. The van der Waals surface area contributed by atoms with Crippen molar-refractivity contribution >= 4 is 17.5 Å². The fraction of sp³-hybridized carbons (Fsp3) is 0.211. The van der Waals surface area contributed by atoms with Crippen LogP contribution in [0.4, 0.5) is 17.5 Å². The molecule has 134 valence electrons. The van der Waals surface area contributed by atoms with Gasteiger partial charge in [-0.05, 0) is 36.2 Å². The summed E-state index contributed by atoms with van der Waals surface area (Å²) in [5, 5.41) is 14.4. The lowest BCUT2D eigenvalue weighted by Crippen LogP contribution is -2.09. The summed E-state index contributed by atoms with van der Waals surface area (Å²) in [7, 11) is 3.29. The summed E-state index contributed by atoms with van der Waals surface area (Å²) in [6, 6.07) is 15.6. The first kappa shape index (κ1) is 17.5. The number of nitrogens with zero attached hydrogens (tertiary/aromatic N) is 3. The molecule has 0 aliphatic rings. The molecule has 7 heteroatoms. The maximum absolute atomic E-state index is 5.32. The van der Waals surface area contributed by atoms with Crippen LogP contribution in [0.3, 0.4) is 0 Å². The van der Waals surface area contributed by atoms with Gasteiger partial charge in [0.1, 0.15) is 11.5 Å². The van der Waals surface area contributed by atoms with E-state index >= 15 is 0 Å². The molecule has 1 heterocycles. The van der Waals surface area contributed by atoms with E-state index in [2.05, 4.69) is 31.9 Å². The third-order valence-electron chi connectivity index (χ3n) is 3.77. The second kappa shape index (κ2) is 8.66. The molecule has 0 bridgehead atoms. The number of hydrogen-bond acceptors (Lipinski definition) is 7. The molecule has 0 fully saturated rings. The van der Waals surface area contributed by atoms with Crippen molar-refractivity contribution < 1.29 is 9.47 Å². The molecule has 3 aromatic rings. The lowest BCUT2D eigenvalue weighted by molar-refractivity contribution is 0.414. The number of para-hydroxylation sites is 2. The number of rotatable bonds is 8. The highest BCUT2D eigenvalue weighted by Crippen LogP contribution is 2.25. The highest BCUT2D eigenvalue weighted by atomic mass is 16.5. The van der Waals surface area contributed by atoms with Gasteiger partial charge in [-0.3, -0.25) is 0 Å². The first-order valence-electron chi connectivity index (χ1n) is 8.25. The molecule has 0 amide bonds. The van der Waals surface area contributed by atoms with Gasteiger partial charge in [-0.25, -0.2) is 0 Å². The first-order chi connectivity index (χ1) is 12.8. The molecular formula is C19H21N5O2. The van der Waals surface area contributed by atoms with Crippen LogP contribution in [0.25, 0.3) is 0 Å². The first-order valence-corrected chi connectivity index (χ1v) is 8.25. The van der Waals surface area contributed by atoms with E-state index in [1.54, 1.807) is 20.4 Å². The number of ether oxygens (including phenoxy) is 2. The van der Waals surface area contributed by atoms with Crippen LogP contribution in [0.2, 0.25) is 0 Å².